The van der Waals surface area contributed by atoms with Gasteiger partial charge in [-0.2, -0.15) is 0 Å². The minimum Gasteiger partial charge on any atom is -0.481 e. The van der Waals surface area contributed by atoms with E-state index in [4.69, 9.17) is 0 Å². The van der Waals surface area contributed by atoms with Crippen molar-refractivity contribution in [2.75, 3.05) is 0 Å². The Bertz CT molecular complexity index is 614. The zero-order valence-electron chi connectivity index (χ0n) is 11.9. The molecule has 3 atom stereocenters. The number of alkyl halides is 2. The summed E-state index contributed by atoms with van der Waals surface area (Å²) in [5.41, 5.74) is -3.92. The molecule has 2 rings (SSSR count). The lowest BCUT2D eigenvalue weighted by Crippen LogP contribution is -2.53. The SMILES string of the molecule is CC1(C(=O)O)C=CCC(C(=O)O)(C(F)F)C1c1ccccc1. The number of carboxylic acid groups (broad SMARTS) is 2. The van der Waals surface area contributed by atoms with E-state index >= 15 is 0 Å². The molecule has 0 fully saturated rings. The lowest BCUT2D eigenvalue weighted by molar-refractivity contribution is -0.170. The molecule has 0 radical (unpaired) electrons. The van der Waals surface area contributed by atoms with Gasteiger partial charge in [0, 0.05) is 5.92 Å². The molecule has 1 aliphatic rings. The molecule has 1 aromatic carbocycles. The summed E-state index contributed by atoms with van der Waals surface area (Å²) in [4.78, 5) is 23.4. The van der Waals surface area contributed by atoms with Gasteiger partial charge in [0.1, 0.15) is 5.41 Å². The number of carboxylic acids is 2. The maximum atomic E-state index is 13.8. The molecule has 118 valence electrons. The smallest absolute Gasteiger partial charge is 0.316 e. The van der Waals surface area contributed by atoms with Crippen LogP contribution in [0.4, 0.5) is 8.78 Å². The molecule has 22 heavy (non-hydrogen) atoms. The van der Waals surface area contributed by atoms with E-state index in [-0.39, 0.29) is 5.56 Å². The Morgan fingerprint density at radius 3 is 2.23 bits per heavy atom. The summed E-state index contributed by atoms with van der Waals surface area (Å²) in [7, 11) is 0. The number of aliphatic carboxylic acids is 2. The Hall–Kier alpha value is -2.24. The Kier molecular flexibility index (Phi) is 4.04. The lowest BCUT2D eigenvalue weighted by atomic mass is 9.55. The number of allylic oxidation sites excluding steroid dienone is 1. The molecule has 0 bridgehead atoms. The average molecular weight is 310 g/mol. The topological polar surface area (TPSA) is 74.6 Å². The van der Waals surface area contributed by atoms with Gasteiger partial charge < -0.3 is 10.2 Å². The molecule has 0 spiro atoms. The predicted octanol–water partition coefficient (Wildman–Crippen LogP) is 3.16. The second-order valence-corrected chi connectivity index (χ2v) is 5.68. The summed E-state index contributed by atoms with van der Waals surface area (Å²) in [6.45, 7) is 1.28. The van der Waals surface area contributed by atoms with Crippen LogP contribution in [0.5, 0.6) is 0 Å². The van der Waals surface area contributed by atoms with Crippen molar-refractivity contribution < 1.29 is 28.6 Å². The van der Waals surface area contributed by atoms with Crippen LogP contribution < -0.4 is 0 Å². The first-order chi connectivity index (χ1) is 10.3. The van der Waals surface area contributed by atoms with Gasteiger partial charge >= 0.3 is 11.9 Å². The van der Waals surface area contributed by atoms with Gasteiger partial charge in [0.15, 0.2) is 0 Å². The van der Waals surface area contributed by atoms with E-state index in [1.54, 1.807) is 18.2 Å². The van der Waals surface area contributed by atoms with E-state index in [0.29, 0.717) is 0 Å². The fourth-order valence-corrected chi connectivity index (χ4v) is 3.25. The number of benzene rings is 1. The normalized spacial score (nSPS) is 31.2. The summed E-state index contributed by atoms with van der Waals surface area (Å²) >= 11 is 0. The van der Waals surface area contributed by atoms with Crippen molar-refractivity contribution in [3.05, 3.63) is 48.0 Å². The van der Waals surface area contributed by atoms with Gasteiger partial charge in [0.05, 0.1) is 5.41 Å². The third-order valence-electron chi connectivity index (χ3n) is 4.42. The Labute approximate surface area is 126 Å². The summed E-state index contributed by atoms with van der Waals surface area (Å²) in [5.74, 6) is -4.39. The van der Waals surface area contributed by atoms with E-state index < -0.39 is 41.5 Å². The molecular formula is C16H16F2O4. The van der Waals surface area contributed by atoms with Crippen LogP contribution in [0, 0.1) is 10.8 Å². The molecule has 0 saturated carbocycles. The second kappa shape index (κ2) is 5.51. The van der Waals surface area contributed by atoms with Gasteiger partial charge in [0.25, 0.3) is 6.43 Å². The molecule has 1 aliphatic carbocycles. The van der Waals surface area contributed by atoms with Crippen molar-refractivity contribution in [2.24, 2.45) is 10.8 Å². The quantitative estimate of drug-likeness (QED) is 0.838. The van der Waals surface area contributed by atoms with Gasteiger partial charge in [0.2, 0.25) is 0 Å². The first-order valence-corrected chi connectivity index (χ1v) is 6.74. The second-order valence-electron chi connectivity index (χ2n) is 5.68. The fourth-order valence-electron chi connectivity index (χ4n) is 3.25. The third-order valence-corrected chi connectivity index (χ3v) is 4.42. The van der Waals surface area contributed by atoms with Crippen LogP contribution in [-0.2, 0) is 9.59 Å². The van der Waals surface area contributed by atoms with Crippen molar-refractivity contribution in [3.8, 4) is 0 Å². The zero-order valence-corrected chi connectivity index (χ0v) is 11.9. The molecule has 6 heteroatoms. The lowest BCUT2D eigenvalue weighted by Gasteiger charge is -2.46. The van der Waals surface area contributed by atoms with Crippen LogP contribution in [0.25, 0.3) is 0 Å². The summed E-state index contributed by atoms with van der Waals surface area (Å²) in [6, 6.07) is 7.79. The van der Waals surface area contributed by atoms with Crippen LogP contribution in [-0.4, -0.2) is 28.6 Å². The average Bonchev–Trinajstić information content (AvgIpc) is 2.47. The molecule has 0 aliphatic heterocycles. The number of carbonyl (C=O) groups is 2. The van der Waals surface area contributed by atoms with Gasteiger partial charge in [-0.05, 0) is 18.9 Å². The van der Waals surface area contributed by atoms with Crippen LogP contribution in [0.15, 0.2) is 42.5 Å². The monoisotopic (exact) mass is 310 g/mol. The maximum Gasteiger partial charge on any atom is 0.316 e. The highest BCUT2D eigenvalue weighted by Gasteiger charge is 2.62. The number of hydrogen-bond acceptors (Lipinski definition) is 2. The van der Waals surface area contributed by atoms with Gasteiger partial charge in [-0.1, -0.05) is 42.5 Å². The minimum absolute atomic E-state index is 0.277. The third kappa shape index (κ3) is 2.19. The molecule has 0 saturated heterocycles. The van der Waals surface area contributed by atoms with E-state index in [1.807, 2.05) is 0 Å². The van der Waals surface area contributed by atoms with Crippen molar-refractivity contribution >= 4 is 11.9 Å². The molecule has 3 unspecified atom stereocenters. The number of halogens is 2. The number of hydrogen-bond donors (Lipinski definition) is 2. The minimum atomic E-state index is -3.20. The number of rotatable bonds is 4. The van der Waals surface area contributed by atoms with Crippen LogP contribution in [0.2, 0.25) is 0 Å². The first-order valence-electron chi connectivity index (χ1n) is 6.74. The molecular weight excluding hydrogens is 294 g/mol. The zero-order chi connectivity index (χ0) is 16.5. The highest BCUT2D eigenvalue weighted by atomic mass is 19.3. The highest BCUT2D eigenvalue weighted by Crippen LogP contribution is 2.56. The summed E-state index contributed by atoms with van der Waals surface area (Å²) in [6.07, 6.45) is -1.06. The van der Waals surface area contributed by atoms with Crippen molar-refractivity contribution in [1.82, 2.24) is 0 Å². The van der Waals surface area contributed by atoms with Crippen molar-refractivity contribution in [1.29, 1.82) is 0 Å². The Balaban J connectivity index is 2.76. The summed E-state index contributed by atoms with van der Waals surface area (Å²) in [5, 5.41) is 19.0. The summed E-state index contributed by atoms with van der Waals surface area (Å²) < 4.78 is 27.5. The largest absolute Gasteiger partial charge is 0.481 e. The highest BCUT2D eigenvalue weighted by molar-refractivity contribution is 5.84. The van der Waals surface area contributed by atoms with Gasteiger partial charge in [-0.15, -0.1) is 0 Å². The van der Waals surface area contributed by atoms with Gasteiger partial charge in [-0.25, -0.2) is 8.78 Å². The van der Waals surface area contributed by atoms with E-state index in [1.165, 1.54) is 31.2 Å². The van der Waals surface area contributed by atoms with E-state index in [0.717, 1.165) is 0 Å². The van der Waals surface area contributed by atoms with Crippen LogP contribution >= 0.6 is 0 Å². The van der Waals surface area contributed by atoms with Crippen LogP contribution in [0.1, 0.15) is 24.8 Å². The molecule has 4 nitrogen and oxygen atoms in total. The van der Waals surface area contributed by atoms with Crippen molar-refractivity contribution in [3.63, 3.8) is 0 Å². The van der Waals surface area contributed by atoms with E-state index in [9.17, 15) is 28.6 Å². The first kappa shape index (κ1) is 16.1. The molecule has 1 aromatic rings. The predicted molar refractivity (Wildman–Crippen MR) is 74.8 cm³/mol. The maximum absolute atomic E-state index is 13.8. The molecule has 2 N–H and O–H groups in total. The standard InChI is InChI=1S/C16H16F2O4/c1-15(13(19)20)8-5-9-16(12(17)18,14(21)22)11(15)10-6-3-2-4-7-10/h2-8,11-12H,9H2,1H3,(H,19,20)(H,21,22). The molecule has 0 heterocycles. The van der Waals surface area contributed by atoms with Gasteiger partial charge in [-0.3, -0.25) is 9.59 Å². The van der Waals surface area contributed by atoms with Crippen molar-refractivity contribution in [2.45, 2.75) is 25.7 Å². The Morgan fingerprint density at radius 2 is 1.77 bits per heavy atom. The van der Waals surface area contributed by atoms with Crippen LogP contribution in [0.3, 0.4) is 0 Å². The molecule has 0 aromatic heterocycles. The Morgan fingerprint density at radius 1 is 1.18 bits per heavy atom. The molecule has 0 amide bonds. The fraction of sp³-hybridized carbons (Fsp3) is 0.375. The van der Waals surface area contributed by atoms with E-state index in [2.05, 4.69) is 0 Å².